The van der Waals surface area contributed by atoms with Crippen molar-refractivity contribution in [2.75, 3.05) is 25.5 Å². The summed E-state index contributed by atoms with van der Waals surface area (Å²) in [6, 6.07) is 8.28. The molecular formula is C15H21F3N2O. The van der Waals surface area contributed by atoms with Crippen LogP contribution in [0.15, 0.2) is 24.3 Å². The minimum absolute atomic E-state index is 0.143. The lowest BCUT2D eigenvalue weighted by molar-refractivity contribution is -0.174. The summed E-state index contributed by atoms with van der Waals surface area (Å²) >= 11 is 0. The zero-order chi connectivity index (χ0) is 15.3. The second-order valence-electron chi connectivity index (χ2n) is 5.46. The average molecular weight is 302 g/mol. The topological polar surface area (TPSA) is 38.5 Å². The first kappa shape index (κ1) is 16.1. The van der Waals surface area contributed by atoms with Gasteiger partial charge in [0.05, 0.1) is 0 Å². The third-order valence-electron chi connectivity index (χ3n) is 3.43. The summed E-state index contributed by atoms with van der Waals surface area (Å²) in [5.74, 6) is 0. The van der Waals surface area contributed by atoms with Gasteiger partial charge in [0, 0.05) is 31.4 Å². The molecule has 0 radical (unpaired) electrons. The van der Waals surface area contributed by atoms with Crippen molar-refractivity contribution in [1.29, 1.82) is 0 Å². The van der Waals surface area contributed by atoms with Crippen LogP contribution in [0, 0.1) is 0 Å². The van der Waals surface area contributed by atoms with E-state index in [-0.39, 0.29) is 6.61 Å². The molecule has 118 valence electrons. The maximum absolute atomic E-state index is 12.0. The summed E-state index contributed by atoms with van der Waals surface area (Å²) in [6.07, 6.45) is -1.29. The molecule has 1 aromatic rings. The fourth-order valence-electron chi connectivity index (χ4n) is 2.25. The van der Waals surface area contributed by atoms with Gasteiger partial charge in [-0.3, -0.25) is 4.90 Å². The number of hydrogen-bond donors (Lipinski definition) is 1. The number of nitrogens with two attached hydrogens (primary N) is 1. The number of alkyl halides is 3. The number of anilines is 1. The second kappa shape index (κ2) is 7.13. The Balaban J connectivity index is 1.71. The lowest BCUT2D eigenvalue weighted by Crippen LogP contribution is -2.28. The van der Waals surface area contributed by atoms with Crippen LogP contribution in [0.25, 0.3) is 0 Å². The maximum Gasteiger partial charge on any atom is 0.411 e. The van der Waals surface area contributed by atoms with E-state index in [1.807, 2.05) is 24.3 Å². The Morgan fingerprint density at radius 1 is 1.19 bits per heavy atom. The van der Waals surface area contributed by atoms with Crippen molar-refractivity contribution < 1.29 is 17.9 Å². The zero-order valence-electron chi connectivity index (χ0n) is 11.9. The van der Waals surface area contributed by atoms with Gasteiger partial charge >= 0.3 is 6.18 Å². The van der Waals surface area contributed by atoms with Crippen LogP contribution >= 0.6 is 0 Å². The minimum atomic E-state index is -4.24. The van der Waals surface area contributed by atoms with Gasteiger partial charge < -0.3 is 10.5 Å². The Bertz CT molecular complexity index is 430. The molecule has 0 atom stereocenters. The Morgan fingerprint density at radius 3 is 2.43 bits per heavy atom. The molecule has 1 aliphatic carbocycles. The molecular weight excluding hydrogens is 281 g/mol. The van der Waals surface area contributed by atoms with Gasteiger partial charge in [-0.1, -0.05) is 12.1 Å². The summed E-state index contributed by atoms with van der Waals surface area (Å²) in [5.41, 5.74) is 7.56. The van der Waals surface area contributed by atoms with Crippen molar-refractivity contribution in [2.45, 2.75) is 38.0 Å². The molecule has 0 heterocycles. The van der Waals surface area contributed by atoms with Gasteiger partial charge in [-0.2, -0.15) is 13.2 Å². The highest BCUT2D eigenvalue weighted by Gasteiger charge is 2.29. The molecule has 2 N–H and O–H groups in total. The lowest BCUT2D eigenvalue weighted by Gasteiger charge is -2.22. The summed E-state index contributed by atoms with van der Waals surface area (Å²) in [6.45, 7) is 0.552. The third-order valence-corrected chi connectivity index (χ3v) is 3.43. The van der Waals surface area contributed by atoms with Crippen LogP contribution in [0.2, 0.25) is 0 Å². The molecule has 0 bridgehead atoms. The van der Waals surface area contributed by atoms with Crippen molar-refractivity contribution in [3.63, 3.8) is 0 Å². The summed E-state index contributed by atoms with van der Waals surface area (Å²) in [4.78, 5) is 2.31. The predicted molar refractivity (Wildman–Crippen MR) is 75.8 cm³/mol. The lowest BCUT2D eigenvalue weighted by atomic mass is 10.2. The molecule has 6 heteroatoms. The van der Waals surface area contributed by atoms with Gasteiger partial charge in [0.2, 0.25) is 0 Å². The van der Waals surface area contributed by atoms with Crippen molar-refractivity contribution in [2.24, 2.45) is 0 Å². The van der Waals surface area contributed by atoms with Crippen molar-refractivity contribution in [3.05, 3.63) is 29.8 Å². The van der Waals surface area contributed by atoms with Gasteiger partial charge in [0.1, 0.15) is 6.61 Å². The monoisotopic (exact) mass is 302 g/mol. The van der Waals surface area contributed by atoms with E-state index in [0.717, 1.165) is 18.8 Å². The van der Waals surface area contributed by atoms with Gasteiger partial charge in [0.15, 0.2) is 0 Å². The molecule has 1 saturated carbocycles. The minimum Gasteiger partial charge on any atom is -0.399 e. The third kappa shape index (κ3) is 6.35. The summed E-state index contributed by atoms with van der Waals surface area (Å²) in [7, 11) is 0. The first-order valence-corrected chi connectivity index (χ1v) is 7.17. The molecule has 0 aromatic heterocycles. The zero-order valence-corrected chi connectivity index (χ0v) is 11.9. The van der Waals surface area contributed by atoms with E-state index in [9.17, 15) is 13.2 Å². The number of halogens is 3. The first-order valence-electron chi connectivity index (χ1n) is 7.17. The molecule has 3 nitrogen and oxygen atoms in total. The van der Waals surface area contributed by atoms with Gasteiger partial charge in [-0.05, 0) is 37.0 Å². The predicted octanol–water partition coefficient (Wildman–Crippen LogP) is 3.20. The highest BCUT2D eigenvalue weighted by molar-refractivity contribution is 5.39. The van der Waals surface area contributed by atoms with Crippen LogP contribution in [0.1, 0.15) is 24.8 Å². The molecule has 0 unspecified atom stereocenters. The van der Waals surface area contributed by atoms with E-state index < -0.39 is 12.8 Å². The molecule has 1 fully saturated rings. The fourth-order valence-corrected chi connectivity index (χ4v) is 2.25. The SMILES string of the molecule is Nc1ccc(CN(CCCOCC(F)(F)F)C2CC2)cc1. The van der Waals surface area contributed by atoms with Crippen LogP contribution in [0.3, 0.4) is 0 Å². The molecule has 0 amide bonds. The fraction of sp³-hybridized carbons (Fsp3) is 0.600. The van der Waals surface area contributed by atoms with Crippen molar-refractivity contribution in [3.8, 4) is 0 Å². The molecule has 1 aliphatic rings. The van der Waals surface area contributed by atoms with E-state index in [2.05, 4.69) is 9.64 Å². The highest BCUT2D eigenvalue weighted by atomic mass is 19.4. The normalized spacial score (nSPS) is 15.6. The standard InChI is InChI=1S/C15H21F3N2O/c16-15(17,18)11-21-9-1-8-20(14-6-7-14)10-12-2-4-13(19)5-3-12/h2-5,14H,1,6-11,19H2. The van der Waals surface area contributed by atoms with Gasteiger partial charge in [-0.25, -0.2) is 0 Å². The van der Waals surface area contributed by atoms with Crippen molar-refractivity contribution >= 4 is 5.69 Å². The summed E-state index contributed by atoms with van der Waals surface area (Å²) < 4.78 is 40.5. The van der Waals surface area contributed by atoms with Crippen LogP contribution in [-0.2, 0) is 11.3 Å². The second-order valence-corrected chi connectivity index (χ2v) is 5.46. The van der Waals surface area contributed by atoms with E-state index in [4.69, 9.17) is 5.73 Å². The van der Waals surface area contributed by atoms with Crippen LogP contribution in [0.5, 0.6) is 0 Å². The molecule has 2 rings (SSSR count). The largest absolute Gasteiger partial charge is 0.411 e. The molecule has 0 aliphatic heterocycles. The average Bonchev–Trinajstić information content (AvgIpc) is 3.22. The quantitative estimate of drug-likeness (QED) is 0.592. The maximum atomic E-state index is 12.0. The molecule has 0 spiro atoms. The Hall–Kier alpha value is -1.27. The van der Waals surface area contributed by atoms with E-state index in [0.29, 0.717) is 12.5 Å². The van der Waals surface area contributed by atoms with Crippen LogP contribution in [0.4, 0.5) is 18.9 Å². The number of hydrogen-bond acceptors (Lipinski definition) is 3. The first-order chi connectivity index (χ1) is 9.94. The number of benzene rings is 1. The van der Waals surface area contributed by atoms with Gasteiger partial charge in [0.25, 0.3) is 0 Å². The molecule has 1 aromatic carbocycles. The van der Waals surface area contributed by atoms with E-state index >= 15 is 0 Å². The van der Waals surface area contributed by atoms with Gasteiger partial charge in [-0.15, -0.1) is 0 Å². The number of nitrogen functional groups attached to an aromatic ring is 1. The smallest absolute Gasteiger partial charge is 0.399 e. The van der Waals surface area contributed by atoms with Crippen LogP contribution in [-0.4, -0.2) is 36.9 Å². The number of ether oxygens (including phenoxy) is 1. The van der Waals surface area contributed by atoms with E-state index in [1.165, 1.54) is 18.4 Å². The van der Waals surface area contributed by atoms with E-state index in [1.54, 1.807) is 0 Å². The Labute approximate surface area is 122 Å². The molecule has 21 heavy (non-hydrogen) atoms. The Morgan fingerprint density at radius 2 is 1.86 bits per heavy atom. The molecule has 0 saturated heterocycles. The van der Waals surface area contributed by atoms with Crippen molar-refractivity contribution in [1.82, 2.24) is 4.90 Å². The number of nitrogens with zero attached hydrogens (tertiary/aromatic N) is 1. The van der Waals surface area contributed by atoms with Crippen LogP contribution < -0.4 is 5.73 Å². The highest BCUT2D eigenvalue weighted by Crippen LogP contribution is 2.28. The number of rotatable bonds is 8. The Kier molecular flexibility index (Phi) is 5.47. The summed E-state index contributed by atoms with van der Waals surface area (Å²) in [5, 5.41) is 0.